The van der Waals surface area contributed by atoms with E-state index < -0.39 is 23.9 Å². The van der Waals surface area contributed by atoms with Crippen LogP contribution in [0, 0.1) is 11.8 Å². The molecule has 1 rings (SSSR count). The van der Waals surface area contributed by atoms with Gasteiger partial charge in [-0.1, -0.05) is 58.0 Å². The molecule has 0 aromatic heterocycles. The third-order valence-electron chi connectivity index (χ3n) is 5.21. The molecule has 198 valence electrons. The van der Waals surface area contributed by atoms with Crippen LogP contribution in [0.25, 0.3) is 0 Å². The van der Waals surface area contributed by atoms with Gasteiger partial charge in [0.1, 0.15) is 12.1 Å². The summed E-state index contributed by atoms with van der Waals surface area (Å²) in [5.74, 6) is -1.70. The zero-order chi connectivity index (χ0) is 27.1. The molecule has 0 bridgehead atoms. The molecule has 1 aromatic carbocycles. The third kappa shape index (κ3) is 12.1. The second kappa shape index (κ2) is 16.1. The van der Waals surface area contributed by atoms with Crippen LogP contribution in [0.5, 0.6) is 0 Å². The summed E-state index contributed by atoms with van der Waals surface area (Å²) in [6, 6.07) is 6.94. The largest absolute Gasteiger partial charge is 0.370 e. The van der Waals surface area contributed by atoms with Gasteiger partial charge in [0.25, 0.3) is 0 Å². The van der Waals surface area contributed by atoms with Crippen molar-refractivity contribution in [3.8, 4) is 0 Å². The predicted octanol–water partition coefficient (Wildman–Crippen LogP) is 1.27. The normalized spacial score (nSPS) is 12.7. The fraction of sp³-hybridized carbons (Fsp3) is 0.500. The van der Waals surface area contributed by atoms with Gasteiger partial charge in [-0.3, -0.25) is 24.2 Å². The van der Waals surface area contributed by atoms with Crippen LogP contribution in [-0.2, 0) is 14.4 Å². The van der Waals surface area contributed by atoms with Crippen LogP contribution in [0.15, 0.2) is 47.5 Å². The number of benzene rings is 1. The Kier molecular flexibility index (Phi) is 13.5. The van der Waals surface area contributed by atoms with Gasteiger partial charge in [0.05, 0.1) is 0 Å². The second-order valence-corrected chi connectivity index (χ2v) is 9.29. The third-order valence-corrected chi connectivity index (χ3v) is 5.21. The highest BCUT2D eigenvalue weighted by molar-refractivity contribution is 6.08. The number of nitrogens with two attached hydrogens (primary N) is 2. The predicted molar refractivity (Wildman–Crippen MR) is 141 cm³/mol. The quantitative estimate of drug-likeness (QED) is 0.0798. The van der Waals surface area contributed by atoms with E-state index in [1.54, 1.807) is 44.2 Å². The average molecular weight is 501 g/mol. The SMILES string of the molecule is CC(C)CC(NC(=O)C(NC(=O)C=CC(=O)c1ccccc1)C(C)C)C(=O)NCCCCN=C(N)N. The van der Waals surface area contributed by atoms with Crippen LogP contribution in [0.4, 0.5) is 0 Å². The second-order valence-electron chi connectivity index (χ2n) is 9.29. The van der Waals surface area contributed by atoms with Gasteiger partial charge in [-0.15, -0.1) is 0 Å². The Labute approximate surface area is 213 Å². The van der Waals surface area contributed by atoms with Crippen molar-refractivity contribution < 1.29 is 19.2 Å². The lowest BCUT2D eigenvalue weighted by molar-refractivity contribution is -0.132. The lowest BCUT2D eigenvalue weighted by atomic mass is 9.99. The van der Waals surface area contributed by atoms with E-state index in [-0.39, 0.29) is 29.5 Å². The minimum atomic E-state index is -0.879. The minimum absolute atomic E-state index is 0.0313. The summed E-state index contributed by atoms with van der Waals surface area (Å²) in [5, 5.41) is 8.26. The molecule has 0 radical (unpaired) electrons. The summed E-state index contributed by atoms with van der Waals surface area (Å²) in [6.45, 7) is 8.39. The van der Waals surface area contributed by atoms with Crippen LogP contribution >= 0.6 is 0 Å². The molecule has 1 aromatic rings. The van der Waals surface area contributed by atoms with Gasteiger partial charge in [0.15, 0.2) is 11.7 Å². The maximum atomic E-state index is 13.0. The molecule has 7 N–H and O–H groups in total. The lowest BCUT2D eigenvalue weighted by Crippen LogP contribution is -2.55. The number of carbonyl (C=O) groups excluding carboxylic acids is 4. The molecule has 0 saturated carbocycles. The van der Waals surface area contributed by atoms with Crippen LogP contribution in [0.2, 0.25) is 0 Å². The molecular formula is C26H40N6O4. The Morgan fingerprint density at radius 2 is 1.58 bits per heavy atom. The first-order valence-corrected chi connectivity index (χ1v) is 12.2. The average Bonchev–Trinajstić information content (AvgIpc) is 2.82. The van der Waals surface area contributed by atoms with Gasteiger partial charge >= 0.3 is 0 Å². The molecule has 3 amide bonds. The van der Waals surface area contributed by atoms with Crippen molar-refractivity contribution >= 4 is 29.5 Å². The van der Waals surface area contributed by atoms with E-state index in [0.717, 1.165) is 6.08 Å². The number of carbonyl (C=O) groups is 4. The Bertz CT molecular complexity index is 924. The van der Waals surface area contributed by atoms with Crippen molar-refractivity contribution in [3.63, 3.8) is 0 Å². The fourth-order valence-electron chi connectivity index (χ4n) is 3.33. The smallest absolute Gasteiger partial charge is 0.244 e. The number of aliphatic imine (C=N–C) groups is 1. The number of allylic oxidation sites excluding steroid dienone is 1. The van der Waals surface area contributed by atoms with E-state index in [9.17, 15) is 19.2 Å². The van der Waals surface area contributed by atoms with Gasteiger partial charge in [0, 0.05) is 24.7 Å². The van der Waals surface area contributed by atoms with Gasteiger partial charge in [-0.05, 0) is 37.2 Å². The topological polar surface area (TPSA) is 169 Å². The Balaban J connectivity index is 2.72. The molecule has 0 saturated heterocycles. The molecule has 0 fully saturated rings. The first-order chi connectivity index (χ1) is 17.0. The highest BCUT2D eigenvalue weighted by atomic mass is 16.2. The lowest BCUT2D eigenvalue weighted by Gasteiger charge is -2.25. The summed E-state index contributed by atoms with van der Waals surface area (Å²) in [4.78, 5) is 54.3. The Morgan fingerprint density at radius 3 is 2.17 bits per heavy atom. The number of nitrogens with one attached hydrogen (secondary N) is 3. The standard InChI is InChI=1S/C26H40N6O4/c1-17(2)16-20(24(35)29-14-8-9-15-30-26(27)28)31-25(36)23(18(3)4)32-22(34)13-12-21(33)19-10-6-5-7-11-19/h5-7,10-13,17-18,20,23H,8-9,14-16H2,1-4H3,(H,29,35)(H,31,36)(H,32,34)(H4,27,28,30). The molecular weight excluding hydrogens is 460 g/mol. The summed E-state index contributed by atoms with van der Waals surface area (Å²) >= 11 is 0. The highest BCUT2D eigenvalue weighted by Crippen LogP contribution is 2.08. The van der Waals surface area contributed by atoms with E-state index in [1.165, 1.54) is 6.08 Å². The van der Waals surface area contributed by atoms with Gasteiger partial charge in [-0.2, -0.15) is 0 Å². The molecule has 36 heavy (non-hydrogen) atoms. The zero-order valence-electron chi connectivity index (χ0n) is 21.6. The molecule has 0 spiro atoms. The summed E-state index contributed by atoms with van der Waals surface area (Å²) in [6.07, 6.45) is 4.11. The molecule has 0 heterocycles. The van der Waals surface area contributed by atoms with E-state index in [2.05, 4.69) is 20.9 Å². The molecule has 10 heteroatoms. The maximum absolute atomic E-state index is 13.0. The van der Waals surface area contributed by atoms with E-state index in [0.29, 0.717) is 37.9 Å². The molecule has 2 atom stereocenters. The van der Waals surface area contributed by atoms with Crippen LogP contribution in [0.3, 0.4) is 0 Å². The summed E-state index contributed by atoms with van der Waals surface area (Å²) in [7, 11) is 0. The van der Waals surface area contributed by atoms with Gasteiger partial charge in [0.2, 0.25) is 17.7 Å². The van der Waals surface area contributed by atoms with Crippen molar-refractivity contribution in [1.82, 2.24) is 16.0 Å². The van der Waals surface area contributed by atoms with Crippen LogP contribution < -0.4 is 27.4 Å². The van der Waals surface area contributed by atoms with E-state index in [4.69, 9.17) is 11.5 Å². The number of ketones is 1. The van der Waals surface area contributed by atoms with Crippen LogP contribution in [0.1, 0.15) is 57.3 Å². The zero-order valence-corrected chi connectivity index (χ0v) is 21.6. The number of nitrogens with zero attached hydrogens (tertiary/aromatic N) is 1. The number of rotatable bonds is 15. The van der Waals surface area contributed by atoms with E-state index >= 15 is 0 Å². The Hall–Kier alpha value is -3.69. The molecule has 10 nitrogen and oxygen atoms in total. The first-order valence-electron chi connectivity index (χ1n) is 12.2. The number of guanidine groups is 1. The van der Waals surface area contributed by atoms with Crippen molar-refractivity contribution in [1.29, 1.82) is 0 Å². The van der Waals surface area contributed by atoms with Crippen LogP contribution in [-0.4, -0.2) is 54.6 Å². The van der Waals surface area contributed by atoms with Crippen molar-refractivity contribution in [2.75, 3.05) is 13.1 Å². The number of hydrogen-bond acceptors (Lipinski definition) is 5. The van der Waals surface area contributed by atoms with E-state index in [1.807, 2.05) is 13.8 Å². The van der Waals surface area contributed by atoms with Crippen molar-refractivity contribution in [2.45, 2.75) is 59.0 Å². The maximum Gasteiger partial charge on any atom is 0.244 e. The van der Waals surface area contributed by atoms with Gasteiger partial charge in [-0.25, -0.2) is 0 Å². The van der Waals surface area contributed by atoms with Gasteiger partial charge < -0.3 is 27.4 Å². The fourth-order valence-corrected chi connectivity index (χ4v) is 3.33. The molecule has 0 aliphatic heterocycles. The Morgan fingerprint density at radius 1 is 0.917 bits per heavy atom. The molecule has 0 aliphatic carbocycles. The monoisotopic (exact) mass is 500 g/mol. The minimum Gasteiger partial charge on any atom is -0.370 e. The van der Waals surface area contributed by atoms with Crippen molar-refractivity contribution in [3.05, 3.63) is 48.0 Å². The number of amides is 3. The summed E-state index contributed by atoms with van der Waals surface area (Å²) < 4.78 is 0. The number of hydrogen-bond donors (Lipinski definition) is 5. The molecule has 2 unspecified atom stereocenters. The summed E-state index contributed by atoms with van der Waals surface area (Å²) in [5.41, 5.74) is 11.0. The van der Waals surface area contributed by atoms with Crippen molar-refractivity contribution in [2.24, 2.45) is 28.3 Å². The first kappa shape index (κ1) is 30.3. The highest BCUT2D eigenvalue weighted by Gasteiger charge is 2.28. The number of unbranched alkanes of at least 4 members (excludes halogenated alkanes) is 1. The molecule has 0 aliphatic rings.